The number of amides is 2. The summed E-state index contributed by atoms with van der Waals surface area (Å²) in [6.45, 7) is 3.64. The van der Waals surface area contributed by atoms with Gasteiger partial charge in [-0.3, -0.25) is 14.5 Å². The van der Waals surface area contributed by atoms with E-state index in [1.165, 1.54) is 0 Å². The van der Waals surface area contributed by atoms with Gasteiger partial charge in [-0.1, -0.05) is 18.2 Å². The van der Waals surface area contributed by atoms with Crippen LogP contribution in [0.5, 0.6) is 5.75 Å². The Kier molecular flexibility index (Phi) is 7.68. The molecule has 0 radical (unpaired) electrons. The quantitative estimate of drug-likeness (QED) is 0.725. The van der Waals surface area contributed by atoms with Gasteiger partial charge < -0.3 is 19.7 Å². The van der Waals surface area contributed by atoms with Gasteiger partial charge in [-0.15, -0.1) is 0 Å². The Morgan fingerprint density at radius 2 is 1.86 bits per heavy atom. The zero-order chi connectivity index (χ0) is 19.8. The van der Waals surface area contributed by atoms with Crippen molar-refractivity contribution in [2.45, 2.75) is 37.8 Å². The van der Waals surface area contributed by atoms with Gasteiger partial charge in [0.05, 0.1) is 26.2 Å². The third-order valence-corrected chi connectivity index (χ3v) is 5.63. The summed E-state index contributed by atoms with van der Waals surface area (Å²) in [5.74, 6) is 0.985. The molecule has 7 heteroatoms. The summed E-state index contributed by atoms with van der Waals surface area (Å²) in [5.41, 5.74) is 0. The molecule has 2 aliphatic rings. The number of benzene rings is 1. The van der Waals surface area contributed by atoms with Crippen LogP contribution in [0.1, 0.15) is 25.7 Å². The van der Waals surface area contributed by atoms with Crippen LogP contribution < -0.4 is 10.1 Å². The fourth-order valence-electron chi connectivity index (χ4n) is 3.82. The monoisotopic (exact) mass is 389 g/mol. The molecule has 1 aromatic rings. The van der Waals surface area contributed by atoms with Crippen molar-refractivity contribution in [1.29, 1.82) is 0 Å². The van der Waals surface area contributed by atoms with E-state index in [0.717, 1.165) is 18.6 Å². The summed E-state index contributed by atoms with van der Waals surface area (Å²) in [7, 11) is 2.06. The van der Waals surface area contributed by atoms with E-state index in [4.69, 9.17) is 9.47 Å². The maximum Gasteiger partial charge on any atom is 0.224 e. The average Bonchev–Trinajstić information content (AvgIpc) is 3.07. The van der Waals surface area contributed by atoms with Crippen molar-refractivity contribution in [3.8, 4) is 5.75 Å². The lowest BCUT2D eigenvalue weighted by Crippen LogP contribution is -2.45. The Balaban J connectivity index is 1.33. The zero-order valence-corrected chi connectivity index (χ0v) is 16.6. The Morgan fingerprint density at radius 1 is 1.14 bits per heavy atom. The van der Waals surface area contributed by atoms with E-state index >= 15 is 0 Å². The van der Waals surface area contributed by atoms with Gasteiger partial charge in [-0.2, -0.15) is 0 Å². The highest BCUT2D eigenvalue weighted by Crippen LogP contribution is 2.25. The number of carbonyl (C=O) groups excluding carboxylic acids is 2. The summed E-state index contributed by atoms with van der Waals surface area (Å²) in [6.07, 6.45) is 2.87. The molecule has 0 unspecified atom stereocenters. The fraction of sp³-hybridized carbons (Fsp3) is 0.619. The molecule has 0 aliphatic carbocycles. The Morgan fingerprint density at radius 3 is 2.61 bits per heavy atom. The fourth-order valence-corrected chi connectivity index (χ4v) is 3.82. The summed E-state index contributed by atoms with van der Waals surface area (Å²) in [6, 6.07) is 10.0. The van der Waals surface area contributed by atoms with Crippen molar-refractivity contribution in [2.75, 3.05) is 46.5 Å². The van der Waals surface area contributed by atoms with E-state index in [2.05, 4.69) is 17.3 Å². The van der Waals surface area contributed by atoms with E-state index < -0.39 is 0 Å². The van der Waals surface area contributed by atoms with Gasteiger partial charge >= 0.3 is 0 Å². The first-order chi connectivity index (χ1) is 13.6. The predicted octanol–water partition coefficient (Wildman–Crippen LogP) is 1.28. The van der Waals surface area contributed by atoms with Gasteiger partial charge in [0, 0.05) is 38.1 Å². The summed E-state index contributed by atoms with van der Waals surface area (Å²) >= 11 is 0. The molecule has 2 fully saturated rings. The van der Waals surface area contributed by atoms with Crippen LogP contribution in [0.15, 0.2) is 30.3 Å². The van der Waals surface area contributed by atoms with Crippen molar-refractivity contribution in [2.24, 2.45) is 0 Å². The van der Waals surface area contributed by atoms with E-state index in [0.29, 0.717) is 52.3 Å². The maximum absolute atomic E-state index is 12.5. The second-order valence-corrected chi connectivity index (χ2v) is 7.46. The third kappa shape index (κ3) is 5.94. The van der Waals surface area contributed by atoms with Crippen molar-refractivity contribution < 1.29 is 19.1 Å². The molecule has 0 spiro atoms. The number of hydrogen-bond acceptors (Lipinski definition) is 5. The normalized spacial score (nSPS) is 22.8. The second kappa shape index (κ2) is 10.4. The molecule has 7 nitrogen and oxygen atoms in total. The van der Waals surface area contributed by atoms with Crippen LogP contribution in [-0.2, 0) is 14.3 Å². The first-order valence-corrected chi connectivity index (χ1v) is 10.2. The largest absolute Gasteiger partial charge is 0.493 e. The van der Waals surface area contributed by atoms with Gasteiger partial charge in [0.2, 0.25) is 11.8 Å². The van der Waals surface area contributed by atoms with Crippen molar-refractivity contribution in [3.05, 3.63) is 30.3 Å². The molecule has 1 aromatic carbocycles. The van der Waals surface area contributed by atoms with Gasteiger partial charge in [-0.05, 0) is 32.0 Å². The molecule has 154 valence electrons. The molecular weight excluding hydrogens is 358 g/mol. The van der Waals surface area contributed by atoms with Crippen LogP contribution in [0, 0.1) is 0 Å². The molecule has 28 heavy (non-hydrogen) atoms. The number of hydrogen-bond donors (Lipinski definition) is 1. The number of para-hydroxylation sites is 1. The zero-order valence-electron chi connectivity index (χ0n) is 16.6. The molecule has 2 atom stereocenters. The lowest BCUT2D eigenvalue weighted by molar-refractivity contribution is -0.136. The van der Waals surface area contributed by atoms with Gasteiger partial charge in [0.1, 0.15) is 5.75 Å². The molecule has 0 aromatic heterocycles. The van der Waals surface area contributed by atoms with Gasteiger partial charge in [0.15, 0.2) is 0 Å². The SMILES string of the molecule is CN1[C@@H](CC(=O)N2CCOCC2)CC[C@H]1CNC(=O)CCOc1ccccc1. The number of nitrogens with one attached hydrogen (secondary N) is 1. The Labute approximate surface area is 167 Å². The van der Waals surface area contributed by atoms with Crippen LogP contribution in [0.3, 0.4) is 0 Å². The third-order valence-electron chi connectivity index (χ3n) is 5.63. The van der Waals surface area contributed by atoms with Crippen molar-refractivity contribution in [1.82, 2.24) is 15.1 Å². The molecule has 0 bridgehead atoms. The van der Waals surface area contributed by atoms with E-state index in [9.17, 15) is 9.59 Å². The highest BCUT2D eigenvalue weighted by Gasteiger charge is 2.33. The van der Waals surface area contributed by atoms with E-state index in [-0.39, 0.29) is 23.9 Å². The van der Waals surface area contributed by atoms with Crippen LogP contribution in [-0.4, -0.2) is 80.2 Å². The first-order valence-electron chi connectivity index (χ1n) is 10.2. The summed E-state index contributed by atoms with van der Waals surface area (Å²) < 4.78 is 10.9. The van der Waals surface area contributed by atoms with Gasteiger partial charge in [-0.25, -0.2) is 0 Å². The van der Waals surface area contributed by atoms with Crippen LogP contribution in [0.2, 0.25) is 0 Å². The van der Waals surface area contributed by atoms with Crippen molar-refractivity contribution in [3.63, 3.8) is 0 Å². The molecule has 2 saturated heterocycles. The highest BCUT2D eigenvalue weighted by molar-refractivity contribution is 5.77. The molecular formula is C21H31N3O4. The first kappa shape index (κ1) is 20.6. The second-order valence-electron chi connectivity index (χ2n) is 7.46. The number of carbonyl (C=O) groups is 2. The molecule has 2 amide bonds. The lowest BCUT2D eigenvalue weighted by Gasteiger charge is -2.30. The number of likely N-dealkylation sites (tertiary alicyclic amines) is 1. The minimum atomic E-state index is -0.00262. The number of morpholine rings is 1. The van der Waals surface area contributed by atoms with E-state index in [1.54, 1.807) is 0 Å². The van der Waals surface area contributed by atoms with Crippen molar-refractivity contribution >= 4 is 11.8 Å². The summed E-state index contributed by atoms with van der Waals surface area (Å²) in [5, 5.41) is 3.01. The van der Waals surface area contributed by atoms with Crippen LogP contribution >= 0.6 is 0 Å². The minimum absolute atomic E-state index is 0.00262. The highest BCUT2D eigenvalue weighted by atomic mass is 16.5. The average molecular weight is 389 g/mol. The molecule has 2 heterocycles. The Hall–Kier alpha value is -2.12. The van der Waals surface area contributed by atoms with Crippen LogP contribution in [0.25, 0.3) is 0 Å². The predicted molar refractivity (Wildman–Crippen MR) is 106 cm³/mol. The molecule has 3 rings (SSSR count). The number of ether oxygens (including phenoxy) is 2. The number of rotatable bonds is 8. The minimum Gasteiger partial charge on any atom is -0.493 e. The molecule has 0 saturated carbocycles. The van der Waals surface area contributed by atoms with Gasteiger partial charge in [0.25, 0.3) is 0 Å². The molecule has 1 N–H and O–H groups in total. The van der Waals surface area contributed by atoms with E-state index in [1.807, 2.05) is 35.2 Å². The number of likely N-dealkylation sites (N-methyl/N-ethyl adjacent to an activating group) is 1. The lowest BCUT2D eigenvalue weighted by atomic mass is 10.1. The topological polar surface area (TPSA) is 71.1 Å². The smallest absolute Gasteiger partial charge is 0.224 e. The maximum atomic E-state index is 12.5. The standard InChI is InChI=1S/C21H31N3O4/c1-23-17(15-21(26)24-10-13-27-14-11-24)7-8-18(23)16-22-20(25)9-12-28-19-5-3-2-4-6-19/h2-6,17-18H,7-16H2,1H3,(H,22,25)/t17-,18+/m1/s1. The molecule has 2 aliphatic heterocycles. The van der Waals surface area contributed by atoms with Crippen LogP contribution in [0.4, 0.5) is 0 Å². The summed E-state index contributed by atoms with van der Waals surface area (Å²) in [4.78, 5) is 28.7. The Bertz CT molecular complexity index is 634. The number of nitrogens with zero attached hydrogens (tertiary/aromatic N) is 2.